The number of nitrogens with one attached hydrogen (secondary N) is 1. The maximum absolute atomic E-state index is 5.47. The Bertz CT molecular complexity index is 359. The van der Waals surface area contributed by atoms with Crippen LogP contribution in [0.1, 0.15) is 27.2 Å². The zero-order chi connectivity index (χ0) is 16.5. The summed E-state index contributed by atoms with van der Waals surface area (Å²) in [6, 6.07) is 0.658. The monoisotopic (exact) mass is 453 g/mol. The average Bonchev–Trinajstić information content (AvgIpc) is 3.08. The third kappa shape index (κ3) is 6.65. The quantitative estimate of drug-likeness (QED) is 0.358. The molecule has 1 N–H and O–H groups in total. The molecule has 24 heavy (non-hydrogen) atoms. The minimum Gasteiger partial charge on any atom is -0.379 e. The van der Waals surface area contributed by atoms with E-state index in [2.05, 4.69) is 40.8 Å². The fourth-order valence-corrected chi connectivity index (χ4v) is 3.44. The van der Waals surface area contributed by atoms with Gasteiger partial charge in [-0.15, -0.1) is 24.0 Å². The molecular formula is C17H36IN5O. The molecule has 142 valence electrons. The van der Waals surface area contributed by atoms with Gasteiger partial charge in [0.05, 0.1) is 19.8 Å². The highest BCUT2D eigenvalue weighted by Crippen LogP contribution is 2.17. The summed E-state index contributed by atoms with van der Waals surface area (Å²) in [6.07, 6.45) is 1.24. The third-order valence-corrected chi connectivity index (χ3v) is 4.93. The molecule has 0 bridgehead atoms. The lowest BCUT2D eigenvalue weighted by Crippen LogP contribution is -2.46. The van der Waals surface area contributed by atoms with E-state index in [9.17, 15) is 0 Å². The highest BCUT2D eigenvalue weighted by Gasteiger charge is 2.30. The summed E-state index contributed by atoms with van der Waals surface area (Å²) in [4.78, 5) is 12.3. The van der Waals surface area contributed by atoms with Crippen molar-refractivity contribution in [3.63, 3.8) is 0 Å². The molecule has 2 aliphatic heterocycles. The molecule has 2 fully saturated rings. The van der Waals surface area contributed by atoms with E-state index >= 15 is 0 Å². The molecule has 0 radical (unpaired) electrons. The van der Waals surface area contributed by atoms with Crippen LogP contribution >= 0.6 is 24.0 Å². The number of halogens is 1. The summed E-state index contributed by atoms with van der Waals surface area (Å²) >= 11 is 0. The molecule has 0 amide bonds. The fourth-order valence-electron chi connectivity index (χ4n) is 3.44. The Labute approximate surface area is 165 Å². The van der Waals surface area contributed by atoms with E-state index in [-0.39, 0.29) is 24.0 Å². The lowest BCUT2D eigenvalue weighted by Gasteiger charge is -2.32. The molecule has 1 atom stereocenters. The number of nitrogens with zero attached hydrogens (tertiary/aromatic N) is 4. The second kappa shape index (κ2) is 12.3. The summed E-state index contributed by atoms with van der Waals surface area (Å²) in [5, 5.41) is 3.47. The van der Waals surface area contributed by atoms with E-state index < -0.39 is 0 Å². The molecule has 0 aromatic rings. The van der Waals surface area contributed by atoms with Gasteiger partial charge in [0.25, 0.3) is 0 Å². The predicted molar refractivity (Wildman–Crippen MR) is 112 cm³/mol. The Morgan fingerprint density at radius 1 is 1.17 bits per heavy atom. The number of aliphatic imine (C=N–C) groups is 1. The molecule has 7 heteroatoms. The van der Waals surface area contributed by atoms with Crippen LogP contribution in [0.25, 0.3) is 0 Å². The molecule has 0 aromatic heterocycles. The van der Waals surface area contributed by atoms with E-state index in [4.69, 9.17) is 9.73 Å². The van der Waals surface area contributed by atoms with Gasteiger partial charge in [0, 0.05) is 45.3 Å². The van der Waals surface area contributed by atoms with E-state index in [1.807, 2.05) is 0 Å². The first-order chi connectivity index (χ1) is 11.3. The Morgan fingerprint density at radius 2 is 1.88 bits per heavy atom. The minimum absolute atomic E-state index is 0. The van der Waals surface area contributed by atoms with Crippen molar-refractivity contribution >= 4 is 29.9 Å². The maximum Gasteiger partial charge on any atom is 0.194 e. The largest absolute Gasteiger partial charge is 0.379 e. The molecule has 0 saturated carbocycles. The summed E-state index contributed by atoms with van der Waals surface area (Å²) in [5.41, 5.74) is 0. The van der Waals surface area contributed by atoms with Crippen LogP contribution in [0, 0.1) is 0 Å². The fraction of sp³-hybridized carbons (Fsp3) is 0.941. The van der Waals surface area contributed by atoms with Crippen molar-refractivity contribution in [1.82, 2.24) is 20.0 Å². The molecular weight excluding hydrogens is 417 g/mol. The van der Waals surface area contributed by atoms with Crippen molar-refractivity contribution in [2.75, 3.05) is 72.1 Å². The van der Waals surface area contributed by atoms with Crippen LogP contribution in [0.5, 0.6) is 0 Å². The van der Waals surface area contributed by atoms with Crippen molar-refractivity contribution in [2.45, 2.75) is 33.2 Å². The number of hydrogen-bond donors (Lipinski definition) is 1. The second-order valence-electron chi connectivity index (χ2n) is 6.30. The molecule has 0 spiro atoms. The van der Waals surface area contributed by atoms with Crippen LogP contribution in [0.15, 0.2) is 4.99 Å². The number of ether oxygens (including phenoxy) is 1. The number of morpholine rings is 1. The lowest BCUT2D eigenvalue weighted by atomic mass is 10.2. The van der Waals surface area contributed by atoms with Crippen LogP contribution in [-0.4, -0.2) is 98.8 Å². The first-order valence-corrected chi connectivity index (χ1v) is 9.35. The smallest absolute Gasteiger partial charge is 0.194 e. The first kappa shape index (κ1) is 21.9. The zero-order valence-electron chi connectivity index (χ0n) is 15.7. The van der Waals surface area contributed by atoms with Gasteiger partial charge >= 0.3 is 0 Å². The number of rotatable bonds is 7. The van der Waals surface area contributed by atoms with Crippen LogP contribution in [0.4, 0.5) is 0 Å². The van der Waals surface area contributed by atoms with E-state index in [0.29, 0.717) is 6.04 Å². The van der Waals surface area contributed by atoms with Crippen molar-refractivity contribution < 1.29 is 4.74 Å². The number of likely N-dealkylation sites (tertiary alicyclic amines) is 1. The van der Waals surface area contributed by atoms with Gasteiger partial charge in [0.2, 0.25) is 0 Å². The van der Waals surface area contributed by atoms with Crippen molar-refractivity contribution in [3.05, 3.63) is 0 Å². The number of likely N-dealkylation sites (N-methyl/N-ethyl adjacent to an activating group) is 1. The van der Waals surface area contributed by atoms with Gasteiger partial charge in [-0.3, -0.25) is 9.89 Å². The lowest BCUT2D eigenvalue weighted by molar-refractivity contribution is 0.0195. The van der Waals surface area contributed by atoms with Gasteiger partial charge in [0.15, 0.2) is 5.96 Å². The van der Waals surface area contributed by atoms with Gasteiger partial charge in [0.1, 0.15) is 0 Å². The number of hydrogen-bond acceptors (Lipinski definition) is 4. The standard InChI is InChI=1S/C17H35N5O.HI/c1-4-18-17(19-8-10-20(5-2)6-3)22-9-7-16(15-22)21-11-13-23-14-12-21;/h16H,4-15H2,1-3H3,(H,18,19);1H. The SMILES string of the molecule is CCNC(=NCCN(CC)CC)N1CCC(N2CCOCC2)C1.I. The van der Waals surface area contributed by atoms with Crippen LogP contribution in [0.2, 0.25) is 0 Å². The van der Waals surface area contributed by atoms with Crippen LogP contribution in [0.3, 0.4) is 0 Å². The van der Waals surface area contributed by atoms with E-state index in [0.717, 1.165) is 78.1 Å². The predicted octanol–water partition coefficient (Wildman–Crippen LogP) is 1.32. The molecule has 1 unspecified atom stereocenters. The van der Waals surface area contributed by atoms with Gasteiger partial charge in [-0.1, -0.05) is 13.8 Å². The molecule has 2 rings (SSSR count). The minimum atomic E-state index is 0. The third-order valence-electron chi connectivity index (χ3n) is 4.93. The normalized spacial score (nSPS) is 22.8. The Balaban J connectivity index is 0.00000288. The average molecular weight is 453 g/mol. The molecule has 0 aliphatic carbocycles. The van der Waals surface area contributed by atoms with Gasteiger partial charge in [-0.05, 0) is 26.4 Å². The van der Waals surface area contributed by atoms with Crippen LogP contribution in [-0.2, 0) is 4.74 Å². The van der Waals surface area contributed by atoms with Crippen molar-refractivity contribution in [2.24, 2.45) is 4.99 Å². The molecule has 2 aliphatic rings. The van der Waals surface area contributed by atoms with Gasteiger partial charge < -0.3 is 19.9 Å². The first-order valence-electron chi connectivity index (χ1n) is 9.35. The highest BCUT2D eigenvalue weighted by atomic mass is 127. The maximum atomic E-state index is 5.47. The summed E-state index contributed by atoms with van der Waals surface area (Å²) in [6.45, 7) is 17.8. The Hall–Kier alpha value is -0.120. The summed E-state index contributed by atoms with van der Waals surface area (Å²) < 4.78 is 5.47. The molecule has 2 heterocycles. The van der Waals surface area contributed by atoms with Crippen molar-refractivity contribution in [1.29, 1.82) is 0 Å². The molecule has 2 saturated heterocycles. The number of guanidine groups is 1. The Kier molecular flexibility index (Phi) is 11.2. The molecule has 0 aromatic carbocycles. The second-order valence-corrected chi connectivity index (χ2v) is 6.30. The highest BCUT2D eigenvalue weighted by molar-refractivity contribution is 14.0. The van der Waals surface area contributed by atoms with Gasteiger partial charge in [-0.25, -0.2) is 0 Å². The van der Waals surface area contributed by atoms with Crippen molar-refractivity contribution in [3.8, 4) is 0 Å². The van der Waals surface area contributed by atoms with E-state index in [1.165, 1.54) is 6.42 Å². The Morgan fingerprint density at radius 3 is 2.50 bits per heavy atom. The van der Waals surface area contributed by atoms with Crippen LogP contribution < -0.4 is 5.32 Å². The zero-order valence-corrected chi connectivity index (χ0v) is 18.0. The summed E-state index contributed by atoms with van der Waals surface area (Å²) in [7, 11) is 0. The topological polar surface area (TPSA) is 43.3 Å². The molecule has 6 nitrogen and oxygen atoms in total. The van der Waals surface area contributed by atoms with Gasteiger partial charge in [-0.2, -0.15) is 0 Å². The van der Waals surface area contributed by atoms with E-state index in [1.54, 1.807) is 0 Å². The summed E-state index contributed by atoms with van der Waals surface area (Å²) in [5.74, 6) is 1.09.